The first-order valence-electron chi connectivity index (χ1n) is 5.97. The molecule has 0 aromatic heterocycles. The number of carboxylic acids is 1. The number of benzene rings is 1. The van der Waals surface area contributed by atoms with Gasteiger partial charge in [-0.15, -0.1) is 12.4 Å². The highest BCUT2D eigenvalue weighted by molar-refractivity contribution is 5.85. The maximum Gasteiger partial charge on any atom is 0.327 e. The average molecular weight is 268 g/mol. The van der Waals surface area contributed by atoms with E-state index in [2.05, 4.69) is 29.6 Å². The Labute approximate surface area is 113 Å². The Morgan fingerprint density at radius 2 is 2.11 bits per heavy atom. The molecule has 0 radical (unpaired) electrons. The Morgan fingerprint density at radius 1 is 1.39 bits per heavy atom. The molecular weight excluding hydrogens is 250 g/mol. The van der Waals surface area contributed by atoms with Gasteiger partial charge in [-0.2, -0.15) is 0 Å². The lowest BCUT2D eigenvalue weighted by Gasteiger charge is -2.10. The minimum Gasteiger partial charge on any atom is -0.478 e. The predicted molar refractivity (Wildman–Crippen MR) is 74.1 cm³/mol. The van der Waals surface area contributed by atoms with Crippen molar-refractivity contribution in [2.75, 3.05) is 6.54 Å². The molecule has 0 bridgehead atoms. The van der Waals surface area contributed by atoms with Gasteiger partial charge in [0.15, 0.2) is 0 Å². The monoisotopic (exact) mass is 267 g/mol. The van der Waals surface area contributed by atoms with Crippen molar-refractivity contribution in [3.63, 3.8) is 0 Å². The molecule has 1 aromatic carbocycles. The Balaban J connectivity index is 0.00000162. The van der Waals surface area contributed by atoms with Crippen LogP contribution in [0.15, 0.2) is 36.4 Å². The first-order valence-corrected chi connectivity index (χ1v) is 5.97. The van der Waals surface area contributed by atoms with Gasteiger partial charge < -0.3 is 10.4 Å². The third kappa shape index (κ3) is 4.17. The van der Waals surface area contributed by atoms with E-state index >= 15 is 0 Å². The number of rotatable bonds is 4. The summed E-state index contributed by atoms with van der Waals surface area (Å²) in [6.45, 7) is 1.10. The zero-order chi connectivity index (χ0) is 12.1. The van der Waals surface area contributed by atoms with Gasteiger partial charge in [0.25, 0.3) is 0 Å². The Hall–Kier alpha value is -1.32. The van der Waals surface area contributed by atoms with Crippen LogP contribution in [0.4, 0.5) is 0 Å². The smallest absolute Gasteiger partial charge is 0.327 e. The van der Waals surface area contributed by atoms with Gasteiger partial charge in [-0.3, -0.25) is 0 Å². The molecule has 2 rings (SSSR count). The van der Waals surface area contributed by atoms with Gasteiger partial charge in [-0.25, -0.2) is 4.79 Å². The maximum absolute atomic E-state index is 10.3. The van der Waals surface area contributed by atoms with Crippen LogP contribution in [0.25, 0.3) is 0 Å². The van der Waals surface area contributed by atoms with E-state index < -0.39 is 5.97 Å². The standard InChI is InChI=1S/C14H17NO2.ClH/c16-14(17)5-1-3-11-6-8-12(9-7-11)13-4-2-10-15-13;/h1,5-9,13,15H,2-4,10H2,(H,16,17);1H/b5-1+;/t13-;/m0./s1. The average Bonchev–Trinajstić information content (AvgIpc) is 2.83. The number of carboxylic acid groups (broad SMARTS) is 1. The van der Waals surface area contributed by atoms with E-state index in [1.54, 1.807) is 6.08 Å². The molecule has 1 fully saturated rings. The summed E-state index contributed by atoms with van der Waals surface area (Å²) >= 11 is 0. The molecule has 1 aliphatic rings. The number of nitrogens with one attached hydrogen (secondary N) is 1. The van der Waals surface area contributed by atoms with E-state index in [0.717, 1.165) is 12.1 Å². The summed E-state index contributed by atoms with van der Waals surface area (Å²) in [7, 11) is 0. The highest BCUT2D eigenvalue weighted by Crippen LogP contribution is 2.23. The summed E-state index contributed by atoms with van der Waals surface area (Å²) in [5, 5.41) is 11.9. The molecule has 98 valence electrons. The summed E-state index contributed by atoms with van der Waals surface area (Å²) in [4.78, 5) is 10.3. The summed E-state index contributed by atoms with van der Waals surface area (Å²) in [5.74, 6) is -0.892. The number of carbonyl (C=O) groups is 1. The van der Waals surface area contributed by atoms with E-state index in [0.29, 0.717) is 12.5 Å². The van der Waals surface area contributed by atoms with E-state index in [9.17, 15) is 4.79 Å². The molecule has 0 spiro atoms. The fourth-order valence-corrected chi connectivity index (χ4v) is 2.15. The SMILES string of the molecule is Cl.O=C(O)/C=C/Cc1ccc([C@@H]2CCCN2)cc1. The second-order valence-electron chi connectivity index (χ2n) is 4.34. The Kier molecular flexibility index (Phi) is 5.89. The zero-order valence-corrected chi connectivity index (χ0v) is 11.0. The van der Waals surface area contributed by atoms with Crippen molar-refractivity contribution in [2.24, 2.45) is 0 Å². The third-order valence-electron chi connectivity index (χ3n) is 3.06. The Morgan fingerprint density at radius 3 is 2.67 bits per heavy atom. The summed E-state index contributed by atoms with van der Waals surface area (Å²) < 4.78 is 0. The molecule has 0 amide bonds. The van der Waals surface area contributed by atoms with Gasteiger partial charge in [0, 0.05) is 12.1 Å². The van der Waals surface area contributed by atoms with Crippen molar-refractivity contribution in [3.8, 4) is 0 Å². The summed E-state index contributed by atoms with van der Waals surface area (Å²) in [6, 6.07) is 8.90. The fraction of sp³-hybridized carbons (Fsp3) is 0.357. The van der Waals surface area contributed by atoms with E-state index in [1.165, 1.54) is 24.5 Å². The van der Waals surface area contributed by atoms with Gasteiger partial charge >= 0.3 is 5.97 Å². The lowest BCUT2D eigenvalue weighted by molar-refractivity contribution is -0.131. The number of allylic oxidation sites excluding steroid dienone is 1. The molecule has 1 aromatic rings. The maximum atomic E-state index is 10.3. The van der Waals surface area contributed by atoms with Crippen molar-refractivity contribution in [2.45, 2.75) is 25.3 Å². The van der Waals surface area contributed by atoms with Gasteiger partial charge in [0.05, 0.1) is 0 Å². The fourth-order valence-electron chi connectivity index (χ4n) is 2.15. The number of hydrogen-bond donors (Lipinski definition) is 2. The minimum absolute atomic E-state index is 0. The summed E-state index contributed by atoms with van der Waals surface area (Å²) in [6.07, 6.45) is 5.98. The van der Waals surface area contributed by atoms with Crippen molar-refractivity contribution in [3.05, 3.63) is 47.5 Å². The molecule has 0 aliphatic carbocycles. The van der Waals surface area contributed by atoms with E-state index in [-0.39, 0.29) is 12.4 Å². The molecule has 3 nitrogen and oxygen atoms in total. The lowest BCUT2D eigenvalue weighted by Crippen LogP contribution is -2.12. The molecular formula is C14H18ClNO2. The van der Waals surface area contributed by atoms with Crippen LogP contribution in [0, 0.1) is 0 Å². The minimum atomic E-state index is -0.892. The quantitative estimate of drug-likeness (QED) is 0.825. The molecule has 1 saturated heterocycles. The zero-order valence-electron chi connectivity index (χ0n) is 10.1. The van der Waals surface area contributed by atoms with Crippen LogP contribution in [-0.2, 0) is 11.2 Å². The molecule has 1 atom stereocenters. The van der Waals surface area contributed by atoms with Gasteiger partial charge in [0.1, 0.15) is 0 Å². The van der Waals surface area contributed by atoms with Crippen LogP contribution in [0.3, 0.4) is 0 Å². The third-order valence-corrected chi connectivity index (χ3v) is 3.06. The molecule has 1 aliphatic heterocycles. The second kappa shape index (κ2) is 7.19. The van der Waals surface area contributed by atoms with Gasteiger partial charge in [0.2, 0.25) is 0 Å². The highest BCUT2D eigenvalue weighted by Gasteiger charge is 2.15. The molecule has 2 N–H and O–H groups in total. The van der Waals surface area contributed by atoms with E-state index in [1.807, 2.05) is 0 Å². The summed E-state index contributed by atoms with van der Waals surface area (Å²) in [5.41, 5.74) is 2.47. The highest BCUT2D eigenvalue weighted by atomic mass is 35.5. The van der Waals surface area contributed by atoms with Crippen LogP contribution in [0.5, 0.6) is 0 Å². The normalized spacial score (nSPS) is 18.8. The Bertz CT molecular complexity index is 408. The topological polar surface area (TPSA) is 49.3 Å². The van der Waals surface area contributed by atoms with Gasteiger partial charge in [-0.1, -0.05) is 30.3 Å². The van der Waals surface area contributed by atoms with Crippen LogP contribution >= 0.6 is 12.4 Å². The first kappa shape index (κ1) is 14.7. The number of halogens is 1. The number of aliphatic carboxylic acids is 1. The first-order chi connectivity index (χ1) is 8.25. The second-order valence-corrected chi connectivity index (χ2v) is 4.34. The molecule has 0 saturated carbocycles. The molecule has 18 heavy (non-hydrogen) atoms. The lowest BCUT2D eigenvalue weighted by atomic mass is 10.0. The largest absolute Gasteiger partial charge is 0.478 e. The van der Waals surface area contributed by atoms with Crippen LogP contribution in [-0.4, -0.2) is 17.6 Å². The van der Waals surface area contributed by atoms with Crippen LogP contribution in [0.1, 0.15) is 30.0 Å². The van der Waals surface area contributed by atoms with Crippen molar-refractivity contribution in [1.29, 1.82) is 0 Å². The van der Waals surface area contributed by atoms with E-state index in [4.69, 9.17) is 5.11 Å². The molecule has 4 heteroatoms. The van der Waals surface area contributed by atoms with Crippen LogP contribution in [0.2, 0.25) is 0 Å². The van der Waals surface area contributed by atoms with Crippen LogP contribution < -0.4 is 5.32 Å². The molecule has 0 unspecified atom stereocenters. The van der Waals surface area contributed by atoms with Gasteiger partial charge in [-0.05, 0) is 36.9 Å². The van der Waals surface area contributed by atoms with Crippen molar-refractivity contribution >= 4 is 18.4 Å². The van der Waals surface area contributed by atoms with Crippen molar-refractivity contribution < 1.29 is 9.90 Å². The van der Waals surface area contributed by atoms with Crippen molar-refractivity contribution in [1.82, 2.24) is 5.32 Å². The number of hydrogen-bond acceptors (Lipinski definition) is 2. The molecule has 1 heterocycles. The predicted octanol–water partition coefficient (Wildman–Crippen LogP) is 2.72.